The van der Waals surface area contributed by atoms with Gasteiger partial charge < -0.3 is 19.9 Å². The molecular formula is C16H21N3O5. The van der Waals surface area contributed by atoms with Crippen LogP contribution >= 0.6 is 0 Å². The highest BCUT2D eigenvalue weighted by Gasteiger charge is 2.37. The number of methoxy groups -OCH3 is 1. The van der Waals surface area contributed by atoms with Crippen LogP contribution in [0, 0.1) is 13.8 Å². The molecule has 0 saturated carbocycles. The molecule has 2 N–H and O–H groups in total. The lowest BCUT2D eigenvalue weighted by atomic mass is 10.0. The van der Waals surface area contributed by atoms with Crippen molar-refractivity contribution in [2.75, 3.05) is 20.2 Å². The van der Waals surface area contributed by atoms with Crippen molar-refractivity contribution >= 4 is 23.6 Å². The number of aromatic nitrogens is 1. The molecule has 130 valence electrons. The topological polar surface area (TPSA) is 109 Å². The number of ether oxygens (including phenoxy) is 1. The highest BCUT2D eigenvalue weighted by molar-refractivity contribution is 6.04. The average molecular weight is 335 g/mol. The SMILES string of the molecule is COC(=O)C[C@H]1C(=O)NCCN1C(=O)c1[nH]c(C)c(C(C)=O)c1C. The Kier molecular flexibility index (Phi) is 5.06. The van der Waals surface area contributed by atoms with E-state index in [2.05, 4.69) is 15.0 Å². The fraction of sp³-hybridized carbons (Fsp3) is 0.500. The molecule has 1 aromatic rings. The normalized spacial score (nSPS) is 17.4. The molecule has 1 aromatic heterocycles. The molecule has 8 nitrogen and oxygen atoms in total. The summed E-state index contributed by atoms with van der Waals surface area (Å²) in [5, 5.41) is 2.64. The van der Waals surface area contributed by atoms with Gasteiger partial charge >= 0.3 is 5.97 Å². The first-order valence-electron chi connectivity index (χ1n) is 7.63. The minimum atomic E-state index is -0.928. The number of piperazine rings is 1. The third-order valence-electron chi connectivity index (χ3n) is 4.18. The Balaban J connectivity index is 2.36. The van der Waals surface area contributed by atoms with Gasteiger partial charge in [-0.05, 0) is 26.3 Å². The second-order valence-electron chi connectivity index (χ2n) is 5.77. The highest BCUT2D eigenvalue weighted by atomic mass is 16.5. The molecule has 2 heterocycles. The van der Waals surface area contributed by atoms with Crippen LogP contribution in [0.1, 0.15) is 45.4 Å². The molecule has 24 heavy (non-hydrogen) atoms. The van der Waals surface area contributed by atoms with Crippen molar-refractivity contribution in [3.63, 3.8) is 0 Å². The summed E-state index contributed by atoms with van der Waals surface area (Å²) in [5.41, 5.74) is 1.90. The maximum Gasteiger partial charge on any atom is 0.308 e. The lowest BCUT2D eigenvalue weighted by Gasteiger charge is -2.34. The second kappa shape index (κ2) is 6.86. The minimum absolute atomic E-state index is 0.136. The molecule has 0 radical (unpaired) electrons. The summed E-state index contributed by atoms with van der Waals surface area (Å²) in [5.74, 6) is -1.51. The summed E-state index contributed by atoms with van der Waals surface area (Å²) < 4.78 is 4.60. The van der Waals surface area contributed by atoms with Crippen LogP contribution in [0.3, 0.4) is 0 Å². The van der Waals surface area contributed by atoms with E-state index in [9.17, 15) is 19.2 Å². The third-order valence-corrected chi connectivity index (χ3v) is 4.18. The first-order valence-corrected chi connectivity index (χ1v) is 7.63. The molecule has 0 aromatic carbocycles. The number of rotatable bonds is 4. The molecule has 1 saturated heterocycles. The predicted octanol–water partition coefficient (Wildman–Crippen LogP) is 0.338. The average Bonchev–Trinajstić information content (AvgIpc) is 2.83. The first-order chi connectivity index (χ1) is 11.3. The van der Waals surface area contributed by atoms with E-state index < -0.39 is 23.8 Å². The summed E-state index contributed by atoms with van der Waals surface area (Å²) in [7, 11) is 1.23. The van der Waals surface area contributed by atoms with Crippen molar-refractivity contribution in [1.82, 2.24) is 15.2 Å². The Morgan fingerprint density at radius 1 is 1.29 bits per heavy atom. The van der Waals surface area contributed by atoms with Crippen LogP contribution in [0.25, 0.3) is 0 Å². The molecule has 2 amide bonds. The van der Waals surface area contributed by atoms with Crippen molar-refractivity contribution < 1.29 is 23.9 Å². The molecular weight excluding hydrogens is 314 g/mol. The summed E-state index contributed by atoms with van der Waals surface area (Å²) in [6, 6.07) is -0.928. The van der Waals surface area contributed by atoms with E-state index in [0.717, 1.165) is 0 Å². The van der Waals surface area contributed by atoms with Gasteiger partial charge in [0.15, 0.2) is 5.78 Å². The Morgan fingerprint density at radius 2 is 1.96 bits per heavy atom. The van der Waals surface area contributed by atoms with E-state index in [0.29, 0.717) is 23.4 Å². The van der Waals surface area contributed by atoms with Crippen molar-refractivity contribution in [3.05, 3.63) is 22.5 Å². The highest BCUT2D eigenvalue weighted by Crippen LogP contribution is 2.22. The van der Waals surface area contributed by atoms with Gasteiger partial charge in [0, 0.05) is 24.3 Å². The van der Waals surface area contributed by atoms with Crippen molar-refractivity contribution in [1.29, 1.82) is 0 Å². The Bertz CT molecular complexity index is 707. The van der Waals surface area contributed by atoms with Gasteiger partial charge in [-0.25, -0.2) is 0 Å². The number of aryl methyl sites for hydroxylation is 1. The van der Waals surface area contributed by atoms with E-state index in [-0.39, 0.29) is 24.4 Å². The second-order valence-corrected chi connectivity index (χ2v) is 5.77. The van der Waals surface area contributed by atoms with E-state index in [1.165, 1.54) is 18.9 Å². The lowest BCUT2D eigenvalue weighted by molar-refractivity contribution is -0.145. The van der Waals surface area contributed by atoms with Gasteiger partial charge in [0.1, 0.15) is 11.7 Å². The van der Waals surface area contributed by atoms with Crippen LogP contribution in [-0.4, -0.2) is 59.7 Å². The standard InChI is InChI=1S/C16H21N3O5/c1-8-13(10(3)20)9(2)18-14(8)16(23)19-6-5-17-15(22)11(19)7-12(21)24-4/h11,18H,5-7H2,1-4H3,(H,17,22)/t11-/m0/s1. The van der Waals surface area contributed by atoms with Crippen molar-refractivity contribution in [2.24, 2.45) is 0 Å². The molecule has 1 aliphatic rings. The zero-order chi connectivity index (χ0) is 18.0. The molecule has 0 spiro atoms. The van der Waals surface area contributed by atoms with Gasteiger partial charge in [-0.2, -0.15) is 0 Å². The van der Waals surface area contributed by atoms with Crippen LogP contribution in [0.5, 0.6) is 0 Å². The van der Waals surface area contributed by atoms with Gasteiger partial charge in [-0.15, -0.1) is 0 Å². The largest absolute Gasteiger partial charge is 0.469 e. The smallest absolute Gasteiger partial charge is 0.308 e. The minimum Gasteiger partial charge on any atom is -0.469 e. The van der Waals surface area contributed by atoms with Crippen LogP contribution in [-0.2, 0) is 14.3 Å². The first kappa shape index (κ1) is 17.7. The molecule has 0 aliphatic carbocycles. The monoisotopic (exact) mass is 335 g/mol. The van der Waals surface area contributed by atoms with Crippen LogP contribution in [0.15, 0.2) is 0 Å². The number of Topliss-reactive ketones (excluding diaryl/α,β-unsaturated/α-hetero) is 1. The number of amides is 2. The van der Waals surface area contributed by atoms with E-state index >= 15 is 0 Å². The maximum atomic E-state index is 12.9. The molecule has 8 heteroatoms. The van der Waals surface area contributed by atoms with Crippen LogP contribution < -0.4 is 5.32 Å². The summed E-state index contributed by atoms with van der Waals surface area (Å²) in [4.78, 5) is 52.5. The lowest BCUT2D eigenvalue weighted by Crippen LogP contribution is -2.58. The van der Waals surface area contributed by atoms with Crippen LogP contribution in [0.4, 0.5) is 0 Å². The molecule has 1 aliphatic heterocycles. The van der Waals surface area contributed by atoms with Gasteiger partial charge in [0.05, 0.1) is 13.5 Å². The number of hydrogen-bond acceptors (Lipinski definition) is 5. The number of nitrogens with one attached hydrogen (secondary N) is 2. The Labute approximate surface area is 139 Å². The number of carbonyl (C=O) groups is 4. The van der Waals surface area contributed by atoms with Crippen molar-refractivity contribution in [2.45, 2.75) is 33.2 Å². The number of esters is 1. The summed E-state index contributed by atoms with van der Waals surface area (Å²) in [6.45, 7) is 5.42. The number of nitrogens with zero attached hydrogens (tertiary/aromatic N) is 1. The zero-order valence-electron chi connectivity index (χ0n) is 14.2. The number of carbonyl (C=O) groups excluding carboxylic acids is 4. The fourth-order valence-electron chi connectivity index (χ4n) is 3.04. The number of aromatic amines is 1. The van der Waals surface area contributed by atoms with E-state index in [1.54, 1.807) is 13.8 Å². The summed E-state index contributed by atoms with van der Waals surface area (Å²) in [6.07, 6.45) is -0.216. The van der Waals surface area contributed by atoms with Gasteiger partial charge in [-0.1, -0.05) is 0 Å². The Morgan fingerprint density at radius 3 is 2.50 bits per heavy atom. The maximum absolute atomic E-state index is 12.9. The molecule has 1 fully saturated rings. The fourth-order valence-corrected chi connectivity index (χ4v) is 3.04. The molecule has 0 unspecified atom stereocenters. The molecule has 1 atom stereocenters. The number of hydrogen-bond donors (Lipinski definition) is 2. The Hall–Kier alpha value is -2.64. The van der Waals surface area contributed by atoms with E-state index in [1.807, 2.05) is 0 Å². The summed E-state index contributed by atoms with van der Waals surface area (Å²) >= 11 is 0. The molecule has 2 rings (SSSR count). The zero-order valence-corrected chi connectivity index (χ0v) is 14.2. The van der Waals surface area contributed by atoms with Gasteiger partial charge in [0.2, 0.25) is 5.91 Å². The third kappa shape index (κ3) is 3.17. The van der Waals surface area contributed by atoms with Gasteiger partial charge in [-0.3, -0.25) is 19.2 Å². The van der Waals surface area contributed by atoms with Crippen LogP contribution in [0.2, 0.25) is 0 Å². The van der Waals surface area contributed by atoms with Gasteiger partial charge in [0.25, 0.3) is 5.91 Å². The number of H-pyrrole nitrogens is 1. The van der Waals surface area contributed by atoms with Crippen molar-refractivity contribution in [3.8, 4) is 0 Å². The quantitative estimate of drug-likeness (QED) is 0.609. The number of ketones is 1. The van der Waals surface area contributed by atoms with E-state index in [4.69, 9.17) is 0 Å². The predicted molar refractivity (Wildman–Crippen MR) is 84.7 cm³/mol. The molecule has 0 bridgehead atoms.